The summed E-state index contributed by atoms with van der Waals surface area (Å²) in [5.41, 5.74) is 4.47. The van der Waals surface area contributed by atoms with Crippen molar-refractivity contribution in [1.29, 1.82) is 5.26 Å². The minimum Gasteiger partial charge on any atom is -0.383 e. The van der Waals surface area contributed by atoms with Crippen molar-refractivity contribution in [2.75, 3.05) is 33.4 Å². The van der Waals surface area contributed by atoms with Gasteiger partial charge in [-0.2, -0.15) is 5.26 Å². The van der Waals surface area contributed by atoms with E-state index in [0.717, 1.165) is 49.4 Å². The maximum Gasteiger partial charge on any atom is 0.261 e. The number of aryl methyl sites for hydroxylation is 1. The molecule has 33 heavy (non-hydrogen) atoms. The molecule has 1 aromatic heterocycles. The zero-order valence-corrected chi connectivity index (χ0v) is 20.3. The maximum atomic E-state index is 12.8. The molecule has 176 valence electrons. The second-order valence-electron chi connectivity index (χ2n) is 9.11. The lowest BCUT2D eigenvalue weighted by Gasteiger charge is -2.32. The number of rotatable bonds is 9. The molecule has 1 aromatic carbocycles. The van der Waals surface area contributed by atoms with Crippen LogP contribution in [0.2, 0.25) is 0 Å². The van der Waals surface area contributed by atoms with Crippen LogP contribution in [0.3, 0.4) is 0 Å². The van der Waals surface area contributed by atoms with E-state index in [9.17, 15) is 10.1 Å². The Balaban J connectivity index is 1.60. The Morgan fingerprint density at radius 3 is 2.79 bits per heavy atom. The van der Waals surface area contributed by atoms with Crippen molar-refractivity contribution in [2.45, 2.75) is 46.2 Å². The van der Waals surface area contributed by atoms with E-state index < -0.39 is 0 Å². The molecular weight excluding hydrogens is 412 g/mol. The molecule has 0 saturated carbocycles. The summed E-state index contributed by atoms with van der Waals surface area (Å²) >= 11 is 0. The Labute approximate surface area is 197 Å². The first kappa shape index (κ1) is 24.8. The van der Waals surface area contributed by atoms with Gasteiger partial charge in [0, 0.05) is 38.1 Å². The first-order valence-electron chi connectivity index (χ1n) is 11.8. The van der Waals surface area contributed by atoms with Crippen molar-refractivity contribution >= 4 is 12.0 Å². The lowest BCUT2D eigenvalue weighted by Crippen LogP contribution is -2.40. The highest BCUT2D eigenvalue weighted by Gasteiger charge is 2.21. The number of piperidine rings is 1. The van der Waals surface area contributed by atoms with Crippen molar-refractivity contribution in [3.63, 3.8) is 0 Å². The van der Waals surface area contributed by atoms with Crippen molar-refractivity contribution in [2.24, 2.45) is 5.92 Å². The average molecular weight is 449 g/mol. The van der Waals surface area contributed by atoms with Gasteiger partial charge in [-0.1, -0.05) is 30.3 Å². The highest BCUT2D eigenvalue weighted by molar-refractivity contribution is 6.01. The average Bonchev–Trinajstić information content (AvgIpc) is 3.09. The number of methoxy groups -OCH3 is 1. The molecule has 1 amide bonds. The third-order valence-corrected chi connectivity index (χ3v) is 6.44. The molecule has 6 nitrogen and oxygen atoms in total. The van der Waals surface area contributed by atoms with Gasteiger partial charge in [-0.25, -0.2) is 0 Å². The summed E-state index contributed by atoms with van der Waals surface area (Å²) in [4.78, 5) is 15.2. The van der Waals surface area contributed by atoms with Crippen molar-refractivity contribution in [3.05, 3.63) is 64.5 Å². The molecule has 1 saturated heterocycles. The van der Waals surface area contributed by atoms with Crippen LogP contribution in [-0.4, -0.2) is 48.7 Å². The van der Waals surface area contributed by atoms with Crippen LogP contribution < -0.4 is 5.32 Å². The number of carbonyl (C=O) groups excluding carboxylic acids is 1. The van der Waals surface area contributed by atoms with Gasteiger partial charge in [-0.3, -0.25) is 9.69 Å². The molecule has 1 aliphatic rings. The predicted octanol–water partition coefficient (Wildman–Crippen LogP) is 4.25. The smallest absolute Gasteiger partial charge is 0.261 e. The molecule has 1 aliphatic heterocycles. The SMILES string of the molecule is COCC(C)n1c(C)cc(/C=C(/C#N)C(=O)NCC2CCCN(Cc3ccccc3)C2)c1C. The molecule has 2 heterocycles. The number of nitrogens with one attached hydrogen (secondary N) is 1. The third kappa shape index (κ3) is 6.56. The maximum absolute atomic E-state index is 12.8. The standard InChI is InChI=1S/C27H36N4O2/c1-20-13-25(22(3)31(20)21(2)19-33-4)14-26(15-28)27(32)29-16-24-11-8-12-30(18-24)17-23-9-6-5-7-10-23/h5-7,9-10,13-14,21,24H,8,11-12,16-19H2,1-4H3,(H,29,32)/b26-14-. The third-order valence-electron chi connectivity index (χ3n) is 6.44. The molecule has 6 heteroatoms. The van der Waals surface area contributed by atoms with Crippen LogP contribution in [0.25, 0.3) is 6.08 Å². The molecule has 0 aliphatic carbocycles. The number of carbonyl (C=O) groups is 1. The summed E-state index contributed by atoms with van der Waals surface area (Å²) in [6, 6.07) is 14.8. The summed E-state index contributed by atoms with van der Waals surface area (Å²) in [6.07, 6.45) is 3.92. The first-order valence-corrected chi connectivity index (χ1v) is 11.8. The van der Waals surface area contributed by atoms with Gasteiger partial charge in [0.2, 0.25) is 0 Å². The van der Waals surface area contributed by atoms with E-state index in [1.165, 1.54) is 5.56 Å². The first-order chi connectivity index (χ1) is 15.9. The number of ether oxygens (including phenoxy) is 1. The summed E-state index contributed by atoms with van der Waals surface area (Å²) in [7, 11) is 1.69. The second kappa shape index (κ2) is 11.8. The normalized spacial score (nSPS) is 18.0. The molecule has 2 aromatic rings. The van der Waals surface area contributed by atoms with Gasteiger partial charge >= 0.3 is 0 Å². The molecule has 1 fully saturated rings. The van der Waals surface area contributed by atoms with Crippen LogP contribution in [0.15, 0.2) is 42.0 Å². The molecule has 3 rings (SSSR count). The Hall–Kier alpha value is -2.88. The van der Waals surface area contributed by atoms with Gasteiger partial charge in [0.1, 0.15) is 11.6 Å². The van der Waals surface area contributed by atoms with Gasteiger partial charge in [-0.15, -0.1) is 0 Å². The van der Waals surface area contributed by atoms with Gasteiger partial charge in [0.15, 0.2) is 0 Å². The van der Waals surface area contributed by atoms with Crippen molar-refractivity contribution in [1.82, 2.24) is 14.8 Å². The molecule has 0 bridgehead atoms. The van der Waals surface area contributed by atoms with Crippen molar-refractivity contribution in [3.8, 4) is 6.07 Å². The van der Waals surface area contributed by atoms with E-state index in [1.807, 2.05) is 26.0 Å². The van der Waals surface area contributed by atoms with E-state index in [4.69, 9.17) is 4.74 Å². The molecule has 0 radical (unpaired) electrons. The van der Waals surface area contributed by atoms with E-state index in [-0.39, 0.29) is 17.5 Å². The van der Waals surface area contributed by atoms with E-state index >= 15 is 0 Å². The molecule has 1 N–H and O–H groups in total. The van der Waals surface area contributed by atoms with Crippen LogP contribution in [0, 0.1) is 31.1 Å². The van der Waals surface area contributed by atoms with Crippen LogP contribution in [0.1, 0.15) is 48.3 Å². The fourth-order valence-corrected chi connectivity index (χ4v) is 4.88. The van der Waals surface area contributed by atoms with E-state index in [0.29, 0.717) is 19.1 Å². The summed E-state index contributed by atoms with van der Waals surface area (Å²) in [5.74, 6) is 0.0961. The molecule has 2 unspecified atom stereocenters. The number of benzene rings is 1. The van der Waals surface area contributed by atoms with Crippen LogP contribution in [0.4, 0.5) is 0 Å². The minimum absolute atomic E-state index is 0.145. The fourth-order valence-electron chi connectivity index (χ4n) is 4.88. The predicted molar refractivity (Wildman–Crippen MR) is 132 cm³/mol. The molecule has 2 atom stereocenters. The zero-order chi connectivity index (χ0) is 23.8. The quantitative estimate of drug-likeness (QED) is 0.460. The Morgan fingerprint density at radius 1 is 1.33 bits per heavy atom. The van der Waals surface area contributed by atoms with Crippen LogP contribution >= 0.6 is 0 Å². The largest absolute Gasteiger partial charge is 0.383 e. The van der Waals surface area contributed by atoms with Crippen molar-refractivity contribution < 1.29 is 9.53 Å². The Bertz CT molecular complexity index is 1000. The zero-order valence-electron chi connectivity index (χ0n) is 20.3. The fraction of sp³-hybridized carbons (Fsp3) is 0.481. The lowest BCUT2D eigenvalue weighted by atomic mass is 9.97. The van der Waals surface area contributed by atoms with Gasteiger partial charge < -0.3 is 14.6 Å². The number of nitrogens with zero attached hydrogens (tertiary/aromatic N) is 3. The number of aromatic nitrogens is 1. The summed E-state index contributed by atoms with van der Waals surface area (Å²) < 4.78 is 7.48. The molecular formula is C27H36N4O2. The van der Waals surface area contributed by atoms with E-state index in [2.05, 4.69) is 52.0 Å². The van der Waals surface area contributed by atoms with Crippen LogP contribution in [-0.2, 0) is 16.1 Å². The number of amides is 1. The number of likely N-dealkylation sites (tertiary alicyclic amines) is 1. The summed E-state index contributed by atoms with van der Waals surface area (Å²) in [6.45, 7) is 10.3. The minimum atomic E-state index is -0.299. The number of hydrogen-bond acceptors (Lipinski definition) is 4. The van der Waals surface area contributed by atoms with Gasteiger partial charge in [-0.05, 0) is 69.3 Å². The Kier molecular flexibility index (Phi) is 8.87. The number of hydrogen-bond donors (Lipinski definition) is 1. The summed E-state index contributed by atoms with van der Waals surface area (Å²) in [5, 5.41) is 12.7. The van der Waals surface area contributed by atoms with Gasteiger partial charge in [0.25, 0.3) is 5.91 Å². The van der Waals surface area contributed by atoms with Crippen LogP contribution in [0.5, 0.6) is 0 Å². The van der Waals surface area contributed by atoms with E-state index in [1.54, 1.807) is 13.2 Å². The number of nitriles is 1. The highest BCUT2D eigenvalue weighted by atomic mass is 16.5. The topological polar surface area (TPSA) is 70.3 Å². The van der Waals surface area contributed by atoms with Gasteiger partial charge in [0.05, 0.1) is 12.6 Å². The Morgan fingerprint density at radius 2 is 2.09 bits per heavy atom. The second-order valence-corrected chi connectivity index (χ2v) is 9.11. The highest BCUT2D eigenvalue weighted by Crippen LogP contribution is 2.23. The lowest BCUT2D eigenvalue weighted by molar-refractivity contribution is -0.117. The molecule has 0 spiro atoms. The monoisotopic (exact) mass is 448 g/mol.